The maximum atomic E-state index is 12.0. The lowest BCUT2D eigenvalue weighted by Gasteiger charge is -2.25. The van der Waals surface area contributed by atoms with Crippen molar-refractivity contribution >= 4 is 10.0 Å². The highest BCUT2D eigenvalue weighted by atomic mass is 32.2. The van der Waals surface area contributed by atoms with Gasteiger partial charge in [0.1, 0.15) is 0 Å². The van der Waals surface area contributed by atoms with E-state index < -0.39 is 10.0 Å². The molecule has 0 aromatic heterocycles. The molecule has 2 heterocycles. The van der Waals surface area contributed by atoms with Gasteiger partial charge in [0.25, 0.3) is 0 Å². The number of rotatable bonds is 5. The number of ether oxygens (including phenoxy) is 1. The summed E-state index contributed by atoms with van der Waals surface area (Å²) in [5, 5.41) is 3.17. The molecule has 0 radical (unpaired) electrons. The Bertz CT molecular complexity index is 333. The summed E-state index contributed by atoms with van der Waals surface area (Å²) in [6.07, 6.45) is 5.80. The summed E-state index contributed by atoms with van der Waals surface area (Å²) in [5.74, 6) is 0. The van der Waals surface area contributed by atoms with Crippen LogP contribution in [0.1, 0.15) is 38.5 Å². The highest BCUT2D eigenvalue weighted by Gasteiger charge is 2.27. The van der Waals surface area contributed by atoms with E-state index in [2.05, 4.69) is 10.0 Å². The molecule has 6 heteroatoms. The average Bonchev–Trinajstić information content (AvgIpc) is 2.41. The molecule has 1 atom stereocenters. The maximum Gasteiger partial charge on any atom is 0.214 e. The minimum absolute atomic E-state index is 0.259. The molecule has 2 rings (SSSR count). The van der Waals surface area contributed by atoms with Crippen LogP contribution in [0.25, 0.3) is 0 Å². The largest absolute Gasteiger partial charge is 0.381 e. The molecule has 2 aliphatic rings. The van der Waals surface area contributed by atoms with Crippen LogP contribution in [0.5, 0.6) is 0 Å². The smallest absolute Gasteiger partial charge is 0.214 e. The number of hydrogen-bond donors (Lipinski definition) is 2. The second kappa shape index (κ2) is 6.84. The summed E-state index contributed by atoms with van der Waals surface area (Å²) in [4.78, 5) is 0. The van der Waals surface area contributed by atoms with Crippen molar-refractivity contribution in [1.82, 2.24) is 10.0 Å². The molecule has 0 aliphatic carbocycles. The Morgan fingerprint density at radius 3 is 2.61 bits per heavy atom. The second-order valence-corrected chi connectivity index (χ2v) is 7.23. The fourth-order valence-corrected chi connectivity index (χ4v) is 4.10. The van der Waals surface area contributed by atoms with Crippen LogP contribution in [0.15, 0.2) is 0 Å². The van der Waals surface area contributed by atoms with E-state index in [0.29, 0.717) is 38.6 Å². The van der Waals surface area contributed by atoms with Crippen LogP contribution in [0.3, 0.4) is 0 Å². The molecule has 2 fully saturated rings. The third-order valence-corrected chi connectivity index (χ3v) is 5.77. The molecular formula is C12H24N2O3S. The van der Waals surface area contributed by atoms with Gasteiger partial charge in [0.15, 0.2) is 0 Å². The van der Waals surface area contributed by atoms with E-state index in [1.165, 1.54) is 19.3 Å². The van der Waals surface area contributed by atoms with Gasteiger partial charge in [-0.15, -0.1) is 0 Å². The monoisotopic (exact) mass is 276 g/mol. The van der Waals surface area contributed by atoms with Crippen molar-refractivity contribution in [1.29, 1.82) is 0 Å². The zero-order valence-corrected chi connectivity index (χ0v) is 11.7. The number of hydrogen-bond acceptors (Lipinski definition) is 4. The molecule has 0 saturated carbocycles. The molecule has 106 valence electrons. The number of sulfonamides is 1. The third-order valence-electron chi connectivity index (χ3n) is 3.82. The summed E-state index contributed by atoms with van der Waals surface area (Å²) in [6.45, 7) is 2.75. The van der Waals surface area contributed by atoms with Gasteiger partial charge in [-0.3, -0.25) is 0 Å². The normalized spacial score (nSPS) is 27.2. The lowest BCUT2D eigenvalue weighted by Crippen LogP contribution is -2.41. The van der Waals surface area contributed by atoms with Crippen molar-refractivity contribution in [3.63, 3.8) is 0 Å². The minimum Gasteiger partial charge on any atom is -0.381 e. The Hall–Kier alpha value is -0.170. The van der Waals surface area contributed by atoms with Gasteiger partial charge in [-0.1, -0.05) is 6.42 Å². The van der Waals surface area contributed by atoms with E-state index >= 15 is 0 Å². The molecule has 5 nitrogen and oxygen atoms in total. The van der Waals surface area contributed by atoms with Crippen LogP contribution in [0.4, 0.5) is 0 Å². The molecule has 1 unspecified atom stereocenters. The second-order valence-electron chi connectivity index (χ2n) is 5.19. The van der Waals surface area contributed by atoms with Crippen LogP contribution in [-0.2, 0) is 14.8 Å². The maximum absolute atomic E-state index is 12.0. The van der Waals surface area contributed by atoms with E-state index in [1.807, 2.05) is 0 Å². The van der Waals surface area contributed by atoms with E-state index in [1.54, 1.807) is 0 Å². The highest BCUT2D eigenvalue weighted by molar-refractivity contribution is 7.90. The average molecular weight is 276 g/mol. The number of piperidine rings is 1. The van der Waals surface area contributed by atoms with Gasteiger partial charge in [0.05, 0.1) is 5.25 Å². The van der Waals surface area contributed by atoms with E-state index in [4.69, 9.17) is 4.74 Å². The quantitative estimate of drug-likeness (QED) is 0.772. The summed E-state index contributed by atoms with van der Waals surface area (Å²) in [7, 11) is -3.14. The molecule has 0 amide bonds. The highest BCUT2D eigenvalue weighted by Crippen LogP contribution is 2.15. The van der Waals surface area contributed by atoms with Crippen LogP contribution < -0.4 is 10.0 Å². The molecule has 0 aromatic carbocycles. The van der Waals surface area contributed by atoms with Crippen molar-refractivity contribution < 1.29 is 13.2 Å². The Morgan fingerprint density at radius 2 is 1.94 bits per heavy atom. The lowest BCUT2D eigenvalue weighted by molar-refractivity contribution is 0.0981. The molecule has 0 spiro atoms. The SMILES string of the molecule is O=S(=O)(NCCC1CCCCN1)C1CCOCC1. The van der Waals surface area contributed by atoms with E-state index in [-0.39, 0.29) is 5.25 Å². The third kappa shape index (κ3) is 4.19. The van der Waals surface area contributed by atoms with Gasteiger partial charge < -0.3 is 10.1 Å². The zero-order valence-electron chi connectivity index (χ0n) is 10.9. The first-order valence-corrected chi connectivity index (χ1v) is 8.53. The van der Waals surface area contributed by atoms with Crippen LogP contribution in [0.2, 0.25) is 0 Å². The Kier molecular flexibility index (Phi) is 5.41. The van der Waals surface area contributed by atoms with Crippen molar-refractivity contribution in [2.24, 2.45) is 0 Å². The van der Waals surface area contributed by atoms with Gasteiger partial charge in [0.2, 0.25) is 10.0 Å². The van der Waals surface area contributed by atoms with Crippen LogP contribution in [0, 0.1) is 0 Å². The molecule has 2 saturated heterocycles. The minimum atomic E-state index is -3.14. The molecular weight excluding hydrogens is 252 g/mol. The van der Waals surface area contributed by atoms with Crippen LogP contribution >= 0.6 is 0 Å². The molecule has 0 bridgehead atoms. The Morgan fingerprint density at radius 1 is 1.17 bits per heavy atom. The Balaban J connectivity index is 1.70. The number of nitrogens with one attached hydrogen (secondary N) is 2. The van der Waals surface area contributed by atoms with Crippen molar-refractivity contribution in [2.45, 2.75) is 49.8 Å². The van der Waals surface area contributed by atoms with Crippen LogP contribution in [-0.4, -0.2) is 46.0 Å². The molecule has 0 aromatic rings. The summed E-state index contributed by atoms with van der Waals surface area (Å²) >= 11 is 0. The van der Waals surface area contributed by atoms with Crippen molar-refractivity contribution in [3.05, 3.63) is 0 Å². The Labute approximate surface area is 110 Å². The van der Waals surface area contributed by atoms with E-state index in [9.17, 15) is 8.42 Å². The van der Waals surface area contributed by atoms with Gasteiger partial charge in [-0.2, -0.15) is 0 Å². The standard InChI is InChI=1S/C12H24N2O3S/c15-18(16,12-5-9-17-10-6-12)14-8-4-11-3-1-2-7-13-11/h11-14H,1-10H2. The fourth-order valence-electron chi connectivity index (χ4n) is 2.65. The van der Waals surface area contributed by atoms with E-state index in [0.717, 1.165) is 13.0 Å². The first-order valence-electron chi connectivity index (χ1n) is 6.98. The molecule has 2 N–H and O–H groups in total. The predicted molar refractivity (Wildman–Crippen MR) is 71.0 cm³/mol. The summed E-state index contributed by atoms with van der Waals surface area (Å²) in [5.41, 5.74) is 0. The van der Waals surface area contributed by atoms with Gasteiger partial charge in [-0.25, -0.2) is 13.1 Å². The van der Waals surface area contributed by atoms with Gasteiger partial charge in [-0.05, 0) is 38.6 Å². The fraction of sp³-hybridized carbons (Fsp3) is 1.00. The summed E-state index contributed by atoms with van der Waals surface area (Å²) < 4.78 is 32.0. The molecule has 2 aliphatic heterocycles. The molecule has 18 heavy (non-hydrogen) atoms. The topological polar surface area (TPSA) is 67.4 Å². The van der Waals surface area contributed by atoms with Gasteiger partial charge in [0, 0.05) is 25.8 Å². The van der Waals surface area contributed by atoms with Gasteiger partial charge >= 0.3 is 0 Å². The first kappa shape index (κ1) is 14.2. The summed E-state index contributed by atoms with van der Waals surface area (Å²) in [6, 6.07) is 0.483. The first-order chi connectivity index (χ1) is 8.68. The van der Waals surface area contributed by atoms with Crippen molar-refractivity contribution in [2.75, 3.05) is 26.3 Å². The lowest BCUT2D eigenvalue weighted by atomic mass is 10.0. The van der Waals surface area contributed by atoms with Crippen molar-refractivity contribution in [3.8, 4) is 0 Å². The predicted octanol–water partition coefficient (Wildman–Crippen LogP) is 0.617. The zero-order chi connectivity index (χ0) is 12.8.